The Kier molecular flexibility index (Phi) is 6.34. The van der Waals surface area contributed by atoms with E-state index >= 15 is 0 Å². The summed E-state index contributed by atoms with van der Waals surface area (Å²) in [6.45, 7) is 6.38. The van der Waals surface area contributed by atoms with Crippen LogP contribution < -0.4 is 29.3 Å². The largest absolute Gasteiger partial charge is 0.463 e. The molecule has 0 radical (unpaired) electrons. The van der Waals surface area contributed by atoms with Crippen LogP contribution in [0.15, 0.2) is 63.5 Å². The molecule has 4 heterocycles. The van der Waals surface area contributed by atoms with Gasteiger partial charge in [0, 0.05) is 12.1 Å². The van der Waals surface area contributed by atoms with Crippen molar-refractivity contribution < 1.29 is 23.8 Å². The second kappa shape index (κ2) is 9.85. The normalized spacial score (nSPS) is 18.7. The molecule has 0 aliphatic carbocycles. The van der Waals surface area contributed by atoms with E-state index in [1.165, 1.54) is 4.57 Å². The maximum absolute atomic E-state index is 14.2. The van der Waals surface area contributed by atoms with E-state index in [1.54, 1.807) is 36.9 Å². The molecule has 0 saturated heterocycles. The number of anilines is 1. The molecule has 1 aromatic heterocycles. The molecular formula is C29H27N3O6S. The highest BCUT2D eigenvalue weighted by Gasteiger charge is 2.37. The zero-order valence-electron chi connectivity index (χ0n) is 21.9. The van der Waals surface area contributed by atoms with E-state index < -0.39 is 12.0 Å². The van der Waals surface area contributed by atoms with Crippen molar-refractivity contribution in [3.8, 4) is 11.5 Å². The number of carbonyl (C=O) groups is 2. The Hall–Kier alpha value is -4.18. The lowest BCUT2D eigenvalue weighted by molar-refractivity contribution is -0.139. The van der Waals surface area contributed by atoms with Gasteiger partial charge in [-0.2, -0.15) is 0 Å². The predicted molar refractivity (Wildman–Crippen MR) is 146 cm³/mol. The van der Waals surface area contributed by atoms with Crippen LogP contribution in [0.4, 0.5) is 5.69 Å². The number of para-hydroxylation sites is 1. The fourth-order valence-electron chi connectivity index (χ4n) is 5.28. The number of ether oxygens (including phenoxy) is 3. The highest BCUT2D eigenvalue weighted by Crippen LogP contribution is 2.39. The summed E-state index contributed by atoms with van der Waals surface area (Å²) in [4.78, 5) is 48.0. The third kappa shape index (κ3) is 3.97. The van der Waals surface area contributed by atoms with Gasteiger partial charge in [0.1, 0.15) is 4.53 Å². The molecule has 6 rings (SSSR count). The van der Waals surface area contributed by atoms with E-state index in [2.05, 4.69) is 11.9 Å². The molecule has 2 aromatic carbocycles. The van der Waals surface area contributed by atoms with Crippen molar-refractivity contribution in [2.45, 2.75) is 39.7 Å². The van der Waals surface area contributed by atoms with Crippen LogP contribution in [0.3, 0.4) is 0 Å². The number of hydrogen-bond donors (Lipinski definition) is 0. The first-order valence-electron chi connectivity index (χ1n) is 13.0. The SMILES string of the molecule is CCCCN1C(=O)/C(=c2/sc3n(c2=O)[C@@H](c2ccc4c(c2)OCO4)C(C(=O)OCC)=C(C)N=3)c2ccccc21. The number of hydrogen-bond acceptors (Lipinski definition) is 8. The number of thiazole rings is 1. The zero-order valence-corrected chi connectivity index (χ0v) is 22.7. The van der Waals surface area contributed by atoms with E-state index in [9.17, 15) is 14.4 Å². The van der Waals surface area contributed by atoms with Gasteiger partial charge in [0.05, 0.1) is 35.2 Å². The van der Waals surface area contributed by atoms with Gasteiger partial charge in [-0.05, 0) is 44.0 Å². The third-order valence-electron chi connectivity index (χ3n) is 7.09. The Bertz CT molecular complexity index is 1730. The zero-order chi connectivity index (χ0) is 27.3. The van der Waals surface area contributed by atoms with Crippen LogP contribution in [0.5, 0.6) is 11.5 Å². The van der Waals surface area contributed by atoms with Crippen molar-refractivity contribution in [2.75, 3.05) is 24.8 Å². The molecule has 3 aliphatic rings. The molecule has 10 heteroatoms. The summed E-state index contributed by atoms with van der Waals surface area (Å²) in [6.07, 6.45) is 1.79. The lowest BCUT2D eigenvalue weighted by Gasteiger charge is -2.24. The number of carbonyl (C=O) groups excluding carboxylic acids is 2. The predicted octanol–water partition coefficient (Wildman–Crippen LogP) is 3.04. The van der Waals surface area contributed by atoms with E-state index in [0.717, 1.165) is 35.4 Å². The van der Waals surface area contributed by atoms with Crippen LogP contribution in [0.2, 0.25) is 0 Å². The van der Waals surface area contributed by atoms with Crippen molar-refractivity contribution >= 4 is 34.5 Å². The minimum Gasteiger partial charge on any atom is -0.463 e. The van der Waals surface area contributed by atoms with Gasteiger partial charge in [0.2, 0.25) is 6.79 Å². The number of amides is 1. The molecule has 3 aliphatic heterocycles. The Balaban J connectivity index is 1.60. The fraction of sp³-hybridized carbons (Fsp3) is 0.310. The summed E-state index contributed by atoms with van der Waals surface area (Å²) < 4.78 is 18.2. The van der Waals surface area contributed by atoms with Gasteiger partial charge in [0.25, 0.3) is 11.5 Å². The van der Waals surface area contributed by atoms with E-state index in [1.807, 2.05) is 24.3 Å². The van der Waals surface area contributed by atoms with Gasteiger partial charge in [-0.3, -0.25) is 14.2 Å². The summed E-state index contributed by atoms with van der Waals surface area (Å²) in [5.74, 6) is 0.372. The van der Waals surface area contributed by atoms with Crippen LogP contribution in [-0.4, -0.2) is 36.4 Å². The van der Waals surface area contributed by atoms with Crippen LogP contribution >= 0.6 is 11.3 Å². The molecule has 0 saturated carbocycles. The topological polar surface area (TPSA) is 99.4 Å². The average Bonchev–Trinajstić information content (AvgIpc) is 3.60. The number of allylic oxidation sites excluding steroid dienone is 1. The number of esters is 1. The first-order chi connectivity index (χ1) is 18.9. The number of fused-ring (bicyclic) bond motifs is 3. The second-order valence-corrected chi connectivity index (χ2v) is 10.4. The number of nitrogens with zero attached hydrogens (tertiary/aromatic N) is 3. The first kappa shape index (κ1) is 25.1. The summed E-state index contributed by atoms with van der Waals surface area (Å²) in [5, 5.41) is 0. The number of benzene rings is 2. The standard InChI is InChI=1S/C29H27N3O6S/c1-4-6-13-31-19-10-8-7-9-18(19)23(26(31)33)25-27(34)32-24(17-11-12-20-21(14-17)38-15-37-20)22(28(35)36-5-2)16(3)30-29(32)39-25/h7-12,14,24H,4-6,13,15H2,1-3H3/b25-23+/t24-/m0/s1. The lowest BCUT2D eigenvalue weighted by Crippen LogP contribution is -2.41. The van der Waals surface area contributed by atoms with Crippen molar-refractivity contribution in [2.24, 2.45) is 4.99 Å². The van der Waals surface area contributed by atoms with Crippen LogP contribution in [0.25, 0.3) is 5.57 Å². The van der Waals surface area contributed by atoms with Gasteiger partial charge in [-0.15, -0.1) is 0 Å². The molecule has 3 aromatic rings. The third-order valence-corrected chi connectivity index (χ3v) is 8.14. The van der Waals surface area contributed by atoms with Crippen LogP contribution in [0.1, 0.15) is 50.8 Å². The van der Waals surface area contributed by atoms with Crippen molar-refractivity contribution in [1.29, 1.82) is 0 Å². The first-order valence-corrected chi connectivity index (χ1v) is 13.8. The highest BCUT2D eigenvalue weighted by molar-refractivity contribution is 7.07. The molecule has 0 N–H and O–H groups in total. The smallest absolute Gasteiger partial charge is 0.338 e. The Labute approximate surface area is 228 Å². The molecule has 1 atom stereocenters. The monoisotopic (exact) mass is 545 g/mol. The summed E-state index contributed by atoms with van der Waals surface area (Å²) in [5.41, 5.74) is 2.88. The molecular weight excluding hydrogens is 518 g/mol. The number of unbranched alkanes of at least 4 members (excludes halogenated alkanes) is 1. The molecule has 9 nitrogen and oxygen atoms in total. The molecule has 200 valence electrons. The van der Waals surface area contributed by atoms with E-state index in [4.69, 9.17) is 14.2 Å². The summed E-state index contributed by atoms with van der Waals surface area (Å²) in [7, 11) is 0. The number of rotatable bonds is 6. The minimum atomic E-state index is -0.813. The van der Waals surface area contributed by atoms with Gasteiger partial charge in [-0.25, -0.2) is 9.79 Å². The van der Waals surface area contributed by atoms with Crippen LogP contribution in [0, 0.1) is 0 Å². The van der Waals surface area contributed by atoms with Crippen molar-refractivity contribution in [3.63, 3.8) is 0 Å². The van der Waals surface area contributed by atoms with Crippen LogP contribution in [-0.2, 0) is 14.3 Å². The molecule has 0 bridgehead atoms. The summed E-state index contributed by atoms with van der Waals surface area (Å²) >= 11 is 1.16. The van der Waals surface area contributed by atoms with E-state index in [-0.39, 0.29) is 30.4 Å². The average molecular weight is 546 g/mol. The maximum Gasteiger partial charge on any atom is 0.338 e. The lowest BCUT2D eigenvalue weighted by atomic mass is 9.95. The Morgan fingerprint density at radius 3 is 2.72 bits per heavy atom. The maximum atomic E-state index is 14.2. The van der Waals surface area contributed by atoms with Gasteiger partial charge in [-0.1, -0.05) is 48.9 Å². The van der Waals surface area contributed by atoms with Gasteiger partial charge >= 0.3 is 5.97 Å². The second-order valence-electron chi connectivity index (χ2n) is 9.44. The Morgan fingerprint density at radius 1 is 1.13 bits per heavy atom. The Morgan fingerprint density at radius 2 is 1.92 bits per heavy atom. The molecule has 1 amide bonds. The quantitative estimate of drug-likeness (QED) is 0.442. The van der Waals surface area contributed by atoms with Gasteiger partial charge < -0.3 is 19.1 Å². The molecule has 39 heavy (non-hydrogen) atoms. The minimum absolute atomic E-state index is 0.0978. The van der Waals surface area contributed by atoms with Crippen molar-refractivity contribution in [3.05, 3.63) is 84.5 Å². The van der Waals surface area contributed by atoms with E-state index in [0.29, 0.717) is 44.2 Å². The number of aromatic nitrogens is 1. The molecule has 0 unspecified atom stereocenters. The molecule has 0 fully saturated rings. The molecule has 0 spiro atoms. The summed E-state index contributed by atoms with van der Waals surface area (Å²) in [6, 6.07) is 12.1. The highest BCUT2D eigenvalue weighted by atomic mass is 32.1. The van der Waals surface area contributed by atoms with Gasteiger partial charge in [0.15, 0.2) is 16.3 Å². The fourth-order valence-corrected chi connectivity index (χ4v) is 6.41. The van der Waals surface area contributed by atoms with Crippen molar-refractivity contribution in [1.82, 2.24) is 4.57 Å².